The molecule has 0 aliphatic carbocycles. The summed E-state index contributed by atoms with van der Waals surface area (Å²) < 4.78 is 56.7. The molecule has 2 N–H and O–H groups in total. The summed E-state index contributed by atoms with van der Waals surface area (Å²) in [5, 5.41) is 17.1. The predicted molar refractivity (Wildman–Crippen MR) is 112 cm³/mol. The Balaban J connectivity index is 1.75. The Hall–Kier alpha value is -3.63. The number of benzene rings is 1. The Labute approximate surface area is 199 Å². The minimum atomic E-state index is -4.81. The number of hydrogen-bond donors (Lipinski definition) is 2. The summed E-state index contributed by atoms with van der Waals surface area (Å²) in [6.07, 6.45) is -6.35. The number of carbonyl (C=O) groups is 1. The molecule has 0 unspecified atom stereocenters. The summed E-state index contributed by atoms with van der Waals surface area (Å²) in [5.41, 5.74) is 0.108. The van der Waals surface area contributed by atoms with Crippen molar-refractivity contribution in [2.75, 3.05) is 5.32 Å². The Morgan fingerprint density at radius 1 is 1.24 bits per heavy atom. The highest BCUT2D eigenvalue weighted by Gasteiger charge is 2.44. The number of alkyl halides is 4. The number of rotatable bonds is 7. The van der Waals surface area contributed by atoms with Gasteiger partial charge in [0.1, 0.15) is 18.1 Å². The standard InChI is InChI=1S/C19H13Cl2F4N7O2/c1-9(16-28-8-29-32(16)15-3-2-10(6-26)7-27-15)30-18(33)31-13-5-14(12(21)4-11(13)20)34-19(24,25)17(22)23/h2-5,7-9,17H,1H3,(H2,30,31,33)/t9-/m0/s1. The van der Waals surface area contributed by atoms with Crippen molar-refractivity contribution < 1.29 is 27.1 Å². The van der Waals surface area contributed by atoms with Crippen molar-refractivity contribution in [1.29, 1.82) is 5.26 Å². The van der Waals surface area contributed by atoms with Crippen LogP contribution in [0.4, 0.5) is 28.0 Å². The van der Waals surface area contributed by atoms with E-state index in [1.54, 1.807) is 6.92 Å². The number of aromatic nitrogens is 4. The van der Waals surface area contributed by atoms with Gasteiger partial charge in [0.05, 0.1) is 27.3 Å². The van der Waals surface area contributed by atoms with Gasteiger partial charge in [-0.2, -0.15) is 32.6 Å². The van der Waals surface area contributed by atoms with Gasteiger partial charge >= 0.3 is 18.6 Å². The fourth-order valence-corrected chi connectivity index (χ4v) is 3.08. The number of urea groups is 1. The molecule has 2 amide bonds. The van der Waals surface area contributed by atoms with Crippen LogP contribution in [0.25, 0.3) is 5.82 Å². The van der Waals surface area contributed by atoms with E-state index in [1.165, 1.54) is 29.3 Å². The van der Waals surface area contributed by atoms with Gasteiger partial charge in [0.2, 0.25) is 0 Å². The van der Waals surface area contributed by atoms with Crippen LogP contribution in [0.3, 0.4) is 0 Å². The fraction of sp³-hybridized carbons (Fsp3) is 0.211. The number of nitrogens with one attached hydrogen (secondary N) is 2. The van der Waals surface area contributed by atoms with Crippen LogP contribution in [-0.2, 0) is 0 Å². The average Bonchev–Trinajstić information content (AvgIpc) is 3.27. The van der Waals surface area contributed by atoms with Crippen LogP contribution in [0, 0.1) is 11.3 Å². The van der Waals surface area contributed by atoms with Crippen molar-refractivity contribution in [1.82, 2.24) is 25.1 Å². The zero-order valence-electron chi connectivity index (χ0n) is 16.9. The van der Waals surface area contributed by atoms with Gasteiger partial charge < -0.3 is 15.4 Å². The molecule has 178 valence electrons. The predicted octanol–water partition coefficient (Wildman–Crippen LogP) is 4.96. The molecule has 3 aromatic rings. The van der Waals surface area contributed by atoms with Gasteiger partial charge in [-0.1, -0.05) is 23.2 Å². The lowest BCUT2D eigenvalue weighted by molar-refractivity contribution is -0.253. The van der Waals surface area contributed by atoms with Gasteiger partial charge in [0.15, 0.2) is 11.6 Å². The van der Waals surface area contributed by atoms with Crippen LogP contribution in [0.15, 0.2) is 36.8 Å². The van der Waals surface area contributed by atoms with Gasteiger partial charge in [-0.25, -0.2) is 14.8 Å². The fourth-order valence-electron chi connectivity index (χ4n) is 2.61. The maximum atomic E-state index is 13.3. The van der Waals surface area contributed by atoms with Gasteiger partial charge in [-0.05, 0) is 25.1 Å². The first-order valence-corrected chi connectivity index (χ1v) is 9.95. The first-order valence-electron chi connectivity index (χ1n) is 9.19. The smallest absolute Gasteiger partial charge is 0.427 e. The van der Waals surface area contributed by atoms with Crippen LogP contribution in [0.5, 0.6) is 5.75 Å². The summed E-state index contributed by atoms with van der Waals surface area (Å²) in [6.45, 7) is 1.57. The van der Waals surface area contributed by atoms with Gasteiger partial charge in [-0.3, -0.25) is 0 Å². The summed E-state index contributed by atoms with van der Waals surface area (Å²) in [4.78, 5) is 20.6. The number of pyridine rings is 1. The van der Waals surface area contributed by atoms with E-state index in [9.17, 15) is 22.4 Å². The molecule has 0 radical (unpaired) electrons. The average molecular weight is 518 g/mol. The molecule has 15 heteroatoms. The first kappa shape index (κ1) is 25.0. The van der Waals surface area contributed by atoms with Crippen molar-refractivity contribution in [2.24, 2.45) is 0 Å². The minimum absolute atomic E-state index is 0.162. The Bertz CT molecular complexity index is 1230. The molecule has 9 nitrogen and oxygen atoms in total. The van der Waals surface area contributed by atoms with E-state index in [4.69, 9.17) is 28.5 Å². The van der Waals surface area contributed by atoms with Crippen LogP contribution >= 0.6 is 23.2 Å². The number of nitrogens with zero attached hydrogens (tertiary/aromatic N) is 5. The number of carbonyl (C=O) groups excluding carboxylic acids is 1. The highest BCUT2D eigenvalue weighted by atomic mass is 35.5. The molecule has 1 aromatic carbocycles. The number of amides is 2. The number of anilines is 1. The van der Waals surface area contributed by atoms with E-state index in [-0.39, 0.29) is 16.5 Å². The Morgan fingerprint density at radius 2 is 1.97 bits per heavy atom. The highest BCUT2D eigenvalue weighted by molar-refractivity contribution is 6.37. The molecular weight excluding hydrogens is 505 g/mol. The second kappa shape index (κ2) is 10.1. The second-order valence-electron chi connectivity index (χ2n) is 6.59. The Kier molecular flexibility index (Phi) is 7.43. The summed E-state index contributed by atoms with van der Waals surface area (Å²) in [6, 6.07) is 5.15. The number of halogens is 6. The van der Waals surface area contributed by atoms with Crippen molar-refractivity contribution in [2.45, 2.75) is 25.5 Å². The molecule has 0 bridgehead atoms. The molecule has 0 fully saturated rings. The van der Waals surface area contributed by atoms with Gasteiger partial charge in [-0.15, -0.1) is 0 Å². The normalized spacial score (nSPS) is 12.2. The lowest BCUT2D eigenvalue weighted by Crippen LogP contribution is -2.34. The summed E-state index contributed by atoms with van der Waals surface area (Å²) in [7, 11) is 0. The lowest BCUT2D eigenvalue weighted by atomic mass is 10.3. The summed E-state index contributed by atoms with van der Waals surface area (Å²) >= 11 is 11.7. The topological polar surface area (TPSA) is 118 Å². The van der Waals surface area contributed by atoms with Crippen molar-refractivity contribution in [3.63, 3.8) is 0 Å². The molecule has 1 atom stereocenters. The molecule has 0 spiro atoms. The van der Waals surface area contributed by atoms with E-state index in [0.29, 0.717) is 11.4 Å². The number of hydrogen-bond acceptors (Lipinski definition) is 6. The van der Waals surface area contributed by atoms with Gasteiger partial charge in [0, 0.05) is 12.3 Å². The maximum Gasteiger partial charge on any atom is 0.461 e. The van der Waals surface area contributed by atoms with Crippen molar-refractivity contribution >= 4 is 34.9 Å². The molecule has 3 rings (SSSR count). The monoisotopic (exact) mass is 517 g/mol. The third-order valence-electron chi connectivity index (χ3n) is 4.17. The number of ether oxygens (including phenoxy) is 1. The first-order chi connectivity index (χ1) is 16.0. The molecule has 0 aliphatic rings. The highest BCUT2D eigenvalue weighted by Crippen LogP contribution is 2.38. The maximum absolute atomic E-state index is 13.3. The third kappa shape index (κ3) is 5.64. The molecule has 0 saturated heterocycles. The van der Waals surface area contributed by atoms with Gasteiger partial charge in [0.25, 0.3) is 0 Å². The van der Waals surface area contributed by atoms with Crippen LogP contribution < -0.4 is 15.4 Å². The molecule has 34 heavy (non-hydrogen) atoms. The second-order valence-corrected chi connectivity index (χ2v) is 7.41. The van der Waals surface area contributed by atoms with Crippen molar-refractivity contribution in [3.05, 3.63) is 58.2 Å². The minimum Gasteiger partial charge on any atom is -0.427 e. The Morgan fingerprint density at radius 3 is 2.59 bits per heavy atom. The van der Waals surface area contributed by atoms with E-state index < -0.39 is 35.4 Å². The van der Waals surface area contributed by atoms with E-state index >= 15 is 0 Å². The molecule has 2 heterocycles. The number of nitriles is 1. The molecule has 2 aromatic heterocycles. The van der Waals surface area contributed by atoms with Crippen LogP contribution in [0.1, 0.15) is 24.4 Å². The molecular formula is C19H13Cl2F4N7O2. The lowest BCUT2D eigenvalue weighted by Gasteiger charge is -2.19. The summed E-state index contributed by atoms with van der Waals surface area (Å²) in [5.74, 6) is -0.204. The largest absolute Gasteiger partial charge is 0.461 e. The van der Waals surface area contributed by atoms with Crippen LogP contribution in [-0.4, -0.2) is 38.3 Å². The van der Waals surface area contributed by atoms with Crippen LogP contribution in [0.2, 0.25) is 10.0 Å². The molecule has 0 saturated carbocycles. The van der Waals surface area contributed by atoms with E-state index in [1.807, 2.05) is 6.07 Å². The zero-order chi connectivity index (χ0) is 25.0. The van der Waals surface area contributed by atoms with Crippen molar-refractivity contribution in [3.8, 4) is 17.6 Å². The third-order valence-corrected chi connectivity index (χ3v) is 4.78. The zero-order valence-corrected chi connectivity index (χ0v) is 18.5. The molecule has 0 aliphatic heterocycles. The van der Waals surface area contributed by atoms with E-state index in [0.717, 1.165) is 12.1 Å². The van der Waals surface area contributed by atoms with E-state index in [2.05, 4.69) is 30.4 Å². The quantitative estimate of drug-likeness (QED) is 0.427. The SMILES string of the molecule is C[C@H](NC(=O)Nc1cc(OC(F)(F)C(F)F)c(Cl)cc1Cl)c1ncnn1-c1ccc(C#N)cn1.